The third kappa shape index (κ3) is 6.27. The number of halogens is 1. The van der Waals surface area contributed by atoms with Gasteiger partial charge < -0.3 is 14.8 Å². The molecule has 1 heterocycles. The van der Waals surface area contributed by atoms with Gasteiger partial charge in [0.15, 0.2) is 5.69 Å². The van der Waals surface area contributed by atoms with Crippen molar-refractivity contribution < 1.29 is 23.5 Å². The summed E-state index contributed by atoms with van der Waals surface area (Å²) in [4.78, 5) is 29.2. The average Bonchev–Trinajstić information content (AvgIpc) is 3.29. The fourth-order valence-corrected chi connectivity index (χ4v) is 3.69. The van der Waals surface area contributed by atoms with Gasteiger partial charge in [-0.15, -0.1) is 0 Å². The van der Waals surface area contributed by atoms with E-state index in [0.29, 0.717) is 12.4 Å². The van der Waals surface area contributed by atoms with Crippen molar-refractivity contribution in [3.05, 3.63) is 47.9 Å². The molecule has 34 heavy (non-hydrogen) atoms. The number of carbonyl (C=O) groups excluding carboxylic acids is 2. The van der Waals surface area contributed by atoms with Gasteiger partial charge in [0.05, 0.1) is 13.7 Å². The van der Waals surface area contributed by atoms with E-state index in [1.807, 2.05) is 0 Å². The molecule has 0 spiro atoms. The van der Waals surface area contributed by atoms with Crippen molar-refractivity contribution in [2.45, 2.75) is 32.2 Å². The van der Waals surface area contributed by atoms with Crippen LogP contribution in [0.5, 0.6) is 5.75 Å². The Kier molecular flexibility index (Phi) is 8.49. The van der Waals surface area contributed by atoms with Crippen molar-refractivity contribution in [3.63, 3.8) is 0 Å². The number of hydrogen-bond donors (Lipinski definition) is 2. The van der Waals surface area contributed by atoms with Gasteiger partial charge in [0.1, 0.15) is 23.1 Å². The van der Waals surface area contributed by atoms with Gasteiger partial charge in [0.25, 0.3) is 5.91 Å². The van der Waals surface area contributed by atoms with Crippen LogP contribution in [0.1, 0.15) is 36.7 Å². The van der Waals surface area contributed by atoms with Gasteiger partial charge in [-0.3, -0.25) is 10.1 Å². The molecule has 1 aliphatic rings. The molecule has 0 radical (unpaired) electrons. The lowest BCUT2D eigenvalue weighted by Gasteiger charge is -2.22. The Morgan fingerprint density at radius 3 is 2.71 bits per heavy atom. The lowest BCUT2D eigenvalue weighted by Crippen LogP contribution is -2.40. The number of hydrogen-bond acceptors (Lipinski definition) is 8. The zero-order chi connectivity index (χ0) is 24.5. The van der Waals surface area contributed by atoms with Crippen molar-refractivity contribution in [3.8, 4) is 5.75 Å². The second-order valence-corrected chi connectivity index (χ2v) is 7.52. The SMILES string of the molecule is C=NN(/N=C\C)c1ccc(NC(=O)OC)nc1C(=O)N[C@H]1CCC[C@@H]1COc1ccc(F)cc1. The maximum Gasteiger partial charge on any atom is 0.412 e. The summed E-state index contributed by atoms with van der Waals surface area (Å²) < 4.78 is 23.5. The van der Waals surface area contributed by atoms with E-state index in [1.165, 1.54) is 36.6 Å². The highest BCUT2D eigenvalue weighted by molar-refractivity contribution is 5.99. The average molecular weight is 471 g/mol. The molecule has 0 unspecified atom stereocenters. The number of hydrazone groups is 2. The highest BCUT2D eigenvalue weighted by Crippen LogP contribution is 2.28. The lowest BCUT2D eigenvalue weighted by atomic mass is 10.0. The molecule has 0 bridgehead atoms. The molecule has 1 aromatic carbocycles. The Balaban J connectivity index is 1.77. The van der Waals surface area contributed by atoms with Crippen molar-refractivity contribution in [2.75, 3.05) is 24.2 Å². The first-order valence-corrected chi connectivity index (χ1v) is 10.8. The smallest absolute Gasteiger partial charge is 0.412 e. The Bertz CT molecular complexity index is 1050. The minimum Gasteiger partial charge on any atom is -0.493 e. The first kappa shape index (κ1) is 24.6. The van der Waals surface area contributed by atoms with E-state index in [0.717, 1.165) is 19.3 Å². The van der Waals surface area contributed by atoms with Crippen molar-refractivity contribution >= 4 is 36.4 Å². The quantitative estimate of drug-likeness (QED) is 0.425. The van der Waals surface area contributed by atoms with E-state index in [-0.39, 0.29) is 35.0 Å². The van der Waals surface area contributed by atoms with Crippen LogP contribution in [0.2, 0.25) is 0 Å². The van der Waals surface area contributed by atoms with E-state index in [4.69, 9.17) is 4.74 Å². The summed E-state index contributed by atoms with van der Waals surface area (Å²) in [5, 5.41) is 14.5. The number of carbonyl (C=O) groups is 2. The maximum atomic E-state index is 13.3. The van der Waals surface area contributed by atoms with E-state index in [2.05, 4.69) is 37.3 Å². The summed E-state index contributed by atoms with van der Waals surface area (Å²) >= 11 is 0. The van der Waals surface area contributed by atoms with Crippen LogP contribution in [0.15, 0.2) is 46.6 Å². The fraction of sp³-hybridized carbons (Fsp3) is 0.348. The number of pyridine rings is 1. The molecule has 3 rings (SSSR count). The summed E-state index contributed by atoms with van der Waals surface area (Å²) in [6.45, 7) is 5.56. The number of aromatic nitrogens is 1. The number of amides is 2. The number of ether oxygens (including phenoxy) is 2. The van der Waals surface area contributed by atoms with Crippen LogP contribution >= 0.6 is 0 Å². The van der Waals surface area contributed by atoms with Gasteiger partial charge >= 0.3 is 6.09 Å². The molecule has 2 N–H and O–H groups in total. The molecule has 10 nitrogen and oxygen atoms in total. The second kappa shape index (κ2) is 11.7. The molecular weight excluding hydrogens is 443 g/mol. The summed E-state index contributed by atoms with van der Waals surface area (Å²) in [7, 11) is 1.23. The Morgan fingerprint density at radius 1 is 1.26 bits per heavy atom. The number of rotatable bonds is 9. The third-order valence-corrected chi connectivity index (χ3v) is 5.33. The molecule has 2 atom stereocenters. The normalized spacial score (nSPS) is 17.3. The Hall–Kier alpha value is -4.02. The van der Waals surface area contributed by atoms with Crippen LogP contribution in [0.4, 0.5) is 20.7 Å². The molecule has 2 aromatic rings. The van der Waals surface area contributed by atoms with Crippen molar-refractivity contribution in [1.29, 1.82) is 0 Å². The number of nitrogens with zero attached hydrogens (tertiary/aromatic N) is 4. The fourth-order valence-electron chi connectivity index (χ4n) is 3.69. The van der Waals surface area contributed by atoms with Crippen LogP contribution in [0.25, 0.3) is 0 Å². The van der Waals surface area contributed by atoms with E-state index in [9.17, 15) is 14.0 Å². The first-order valence-electron chi connectivity index (χ1n) is 10.8. The van der Waals surface area contributed by atoms with Gasteiger partial charge in [0, 0.05) is 24.9 Å². The minimum absolute atomic E-state index is 0.0111. The van der Waals surface area contributed by atoms with E-state index < -0.39 is 12.0 Å². The van der Waals surface area contributed by atoms with E-state index in [1.54, 1.807) is 25.1 Å². The van der Waals surface area contributed by atoms with Gasteiger partial charge in [0.2, 0.25) is 0 Å². The zero-order valence-electron chi connectivity index (χ0n) is 19.0. The molecule has 11 heteroatoms. The topological polar surface area (TPSA) is 118 Å². The number of nitrogens with one attached hydrogen (secondary N) is 2. The maximum absolute atomic E-state index is 13.3. The second-order valence-electron chi connectivity index (χ2n) is 7.52. The predicted molar refractivity (Wildman–Crippen MR) is 127 cm³/mol. The summed E-state index contributed by atoms with van der Waals surface area (Å²) in [5.41, 5.74) is 0.301. The summed E-state index contributed by atoms with van der Waals surface area (Å²) in [5.74, 6) is -0.0266. The van der Waals surface area contributed by atoms with Gasteiger partial charge in [-0.2, -0.15) is 15.3 Å². The van der Waals surface area contributed by atoms with Gasteiger partial charge in [-0.05, 0) is 56.2 Å². The van der Waals surface area contributed by atoms with Crippen LogP contribution < -0.4 is 20.5 Å². The standard InChI is InChI=1S/C23H27FN6O4/c1-4-26-30(25-2)19-12-13-20(29-23(32)33-3)28-21(19)22(31)27-18-7-5-6-15(18)14-34-17-10-8-16(24)9-11-17/h4,8-13,15,18H,2,5-7,14H2,1,3H3,(H,27,31)(H,28,29,32)/b26-4-/t15-,18+/m1/s1. The molecular formula is C23H27FN6O4. The Morgan fingerprint density at radius 2 is 2.03 bits per heavy atom. The van der Waals surface area contributed by atoms with Crippen molar-refractivity contribution in [1.82, 2.24) is 10.3 Å². The van der Waals surface area contributed by atoms with Crippen LogP contribution in [0, 0.1) is 11.7 Å². The molecule has 0 aliphatic heterocycles. The molecule has 180 valence electrons. The van der Waals surface area contributed by atoms with E-state index >= 15 is 0 Å². The molecule has 1 aromatic heterocycles. The summed E-state index contributed by atoms with van der Waals surface area (Å²) in [6.07, 6.45) is 3.35. The summed E-state index contributed by atoms with van der Waals surface area (Å²) in [6, 6.07) is 8.71. The molecule has 1 aliphatic carbocycles. The monoisotopic (exact) mass is 470 g/mol. The van der Waals surface area contributed by atoms with Crippen LogP contribution in [-0.2, 0) is 4.74 Å². The molecule has 1 fully saturated rings. The minimum atomic E-state index is -0.717. The number of anilines is 2. The van der Waals surface area contributed by atoms with Gasteiger partial charge in [-0.25, -0.2) is 14.2 Å². The Labute approximate surface area is 196 Å². The third-order valence-electron chi connectivity index (χ3n) is 5.33. The highest BCUT2D eigenvalue weighted by atomic mass is 19.1. The van der Waals surface area contributed by atoms with Crippen molar-refractivity contribution in [2.24, 2.45) is 16.1 Å². The van der Waals surface area contributed by atoms with Gasteiger partial charge in [-0.1, -0.05) is 6.42 Å². The zero-order valence-corrected chi connectivity index (χ0v) is 19.0. The molecule has 1 saturated carbocycles. The van der Waals surface area contributed by atoms with Crippen LogP contribution in [-0.4, -0.2) is 49.7 Å². The van der Waals surface area contributed by atoms with Crippen LogP contribution in [0.3, 0.4) is 0 Å². The number of benzene rings is 1. The highest BCUT2D eigenvalue weighted by Gasteiger charge is 2.31. The molecule has 2 amide bonds. The lowest BCUT2D eigenvalue weighted by molar-refractivity contribution is 0.0914. The predicted octanol–water partition coefficient (Wildman–Crippen LogP) is 3.80. The molecule has 0 saturated heterocycles. The first-order chi connectivity index (χ1) is 16.4. The number of methoxy groups -OCH3 is 1. The largest absolute Gasteiger partial charge is 0.493 e.